The molecule has 1 rings (SSSR count). The van der Waals surface area contributed by atoms with Gasteiger partial charge in [-0.3, -0.25) is 0 Å². The second-order valence-electron chi connectivity index (χ2n) is 6.96. The van der Waals surface area contributed by atoms with Gasteiger partial charge in [-0.1, -0.05) is 45.1 Å². The van der Waals surface area contributed by atoms with Gasteiger partial charge >= 0.3 is 0 Å². The van der Waals surface area contributed by atoms with Crippen LogP contribution in [0.2, 0.25) is 0 Å². The highest BCUT2D eigenvalue weighted by Crippen LogP contribution is 2.35. The topological polar surface area (TPSA) is 9.23 Å². The Bertz CT molecular complexity index is 442. The third kappa shape index (κ3) is 3.90. The van der Waals surface area contributed by atoms with Crippen molar-refractivity contribution in [2.75, 3.05) is 0 Å². The summed E-state index contributed by atoms with van der Waals surface area (Å²) in [6, 6.07) is 6.39. The van der Waals surface area contributed by atoms with E-state index < -0.39 is 0 Å². The summed E-state index contributed by atoms with van der Waals surface area (Å²) in [6.45, 7) is 18.9. The monoisotopic (exact) mass is 246 g/mol. The zero-order chi connectivity index (χ0) is 14.1. The molecule has 1 heteroatoms. The van der Waals surface area contributed by atoms with Crippen LogP contribution in [0.25, 0.3) is 5.57 Å². The van der Waals surface area contributed by atoms with Crippen LogP contribution >= 0.6 is 0 Å². The molecule has 0 saturated heterocycles. The lowest BCUT2D eigenvalue weighted by atomic mass is 9.85. The quantitative estimate of drug-likeness (QED) is 0.697. The molecule has 0 aliphatic rings. The highest BCUT2D eigenvalue weighted by molar-refractivity contribution is 5.64. The molecular weight excluding hydrogens is 220 g/mol. The molecule has 0 aliphatic heterocycles. The van der Waals surface area contributed by atoms with Crippen LogP contribution in [-0.2, 0) is 5.41 Å². The van der Waals surface area contributed by atoms with Gasteiger partial charge < -0.3 is 4.74 Å². The van der Waals surface area contributed by atoms with E-state index in [9.17, 15) is 0 Å². The van der Waals surface area contributed by atoms with Crippen LogP contribution in [0.5, 0.6) is 5.75 Å². The molecule has 1 aromatic carbocycles. The van der Waals surface area contributed by atoms with Crippen molar-refractivity contribution in [1.29, 1.82) is 0 Å². The van der Waals surface area contributed by atoms with Gasteiger partial charge in [-0.15, -0.1) is 0 Å². The summed E-state index contributed by atoms with van der Waals surface area (Å²) < 4.78 is 6.11. The molecule has 18 heavy (non-hydrogen) atoms. The Morgan fingerprint density at radius 2 is 1.61 bits per heavy atom. The second-order valence-corrected chi connectivity index (χ2v) is 6.96. The summed E-state index contributed by atoms with van der Waals surface area (Å²) in [5.74, 6) is 0.968. The van der Waals surface area contributed by atoms with Gasteiger partial charge in [0.2, 0.25) is 0 Å². The Morgan fingerprint density at radius 3 is 2.00 bits per heavy atom. The van der Waals surface area contributed by atoms with E-state index >= 15 is 0 Å². The number of hydrogen-bond acceptors (Lipinski definition) is 1. The van der Waals surface area contributed by atoms with E-state index in [-0.39, 0.29) is 11.0 Å². The molecule has 0 fully saturated rings. The predicted molar refractivity (Wildman–Crippen MR) is 80.2 cm³/mol. The molecule has 0 saturated carbocycles. The average molecular weight is 246 g/mol. The summed E-state index contributed by atoms with van der Waals surface area (Å²) in [5.41, 5.74) is 3.33. The van der Waals surface area contributed by atoms with Crippen LogP contribution < -0.4 is 4.74 Å². The summed E-state index contributed by atoms with van der Waals surface area (Å²) >= 11 is 0. The number of ether oxygens (including phenoxy) is 1. The second kappa shape index (κ2) is 4.79. The van der Waals surface area contributed by atoms with E-state index in [0.717, 1.165) is 16.9 Å². The van der Waals surface area contributed by atoms with E-state index in [1.54, 1.807) is 0 Å². The van der Waals surface area contributed by atoms with Crippen molar-refractivity contribution in [1.82, 2.24) is 0 Å². The Labute approximate surface area is 112 Å². The van der Waals surface area contributed by atoms with Crippen molar-refractivity contribution < 1.29 is 4.74 Å². The lowest BCUT2D eigenvalue weighted by molar-refractivity contribution is 0.128. The first-order valence-electron chi connectivity index (χ1n) is 6.50. The Hall–Kier alpha value is -1.24. The minimum atomic E-state index is -0.187. The standard InChI is InChI=1S/C17H26O/c1-12(2)13-9-10-14(16(3,4)5)15(11-13)18-17(6,7)8/h9-11H,1H2,2-8H3. The Morgan fingerprint density at radius 1 is 1.06 bits per heavy atom. The zero-order valence-electron chi connectivity index (χ0n) is 12.8. The van der Waals surface area contributed by atoms with E-state index in [2.05, 4.69) is 66.3 Å². The summed E-state index contributed by atoms with van der Waals surface area (Å²) in [7, 11) is 0. The van der Waals surface area contributed by atoms with Gasteiger partial charge in [-0.25, -0.2) is 0 Å². The summed E-state index contributed by atoms with van der Waals surface area (Å²) in [6.07, 6.45) is 0. The van der Waals surface area contributed by atoms with Crippen LogP contribution in [0.4, 0.5) is 0 Å². The normalized spacial score (nSPS) is 12.4. The molecule has 100 valence electrons. The molecule has 1 aromatic rings. The van der Waals surface area contributed by atoms with Crippen molar-refractivity contribution in [2.45, 2.75) is 59.5 Å². The molecule has 0 N–H and O–H groups in total. The first-order chi connectivity index (χ1) is 8.00. The van der Waals surface area contributed by atoms with E-state index in [0.29, 0.717) is 0 Å². The number of allylic oxidation sites excluding steroid dienone is 1. The fourth-order valence-electron chi connectivity index (χ4n) is 1.82. The van der Waals surface area contributed by atoms with Gasteiger partial charge in [-0.05, 0) is 50.3 Å². The largest absolute Gasteiger partial charge is 0.488 e. The molecule has 0 heterocycles. The highest BCUT2D eigenvalue weighted by Gasteiger charge is 2.22. The summed E-state index contributed by atoms with van der Waals surface area (Å²) in [4.78, 5) is 0. The fraction of sp³-hybridized carbons (Fsp3) is 0.529. The number of benzene rings is 1. The Kier molecular flexibility index (Phi) is 3.95. The van der Waals surface area contributed by atoms with Crippen LogP contribution in [0.1, 0.15) is 59.6 Å². The van der Waals surface area contributed by atoms with Gasteiger partial charge in [0.05, 0.1) is 0 Å². The third-order valence-corrected chi connectivity index (χ3v) is 2.70. The maximum atomic E-state index is 6.11. The molecule has 1 nitrogen and oxygen atoms in total. The van der Waals surface area contributed by atoms with Gasteiger partial charge in [0, 0.05) is 0 Å². The van der Waals surface area contributed by atoms with Crippen LogP contribution in [0.15, 0.2) is 24.8 Å². The van der Waals surface area contributed by atoms with E-state index in [1.165, 1.54) is 5.56 Å². The maximum Gasteiger partial charge on any atom is 0.124 e. The summed E-state index contributed by atoms with van der Waals surface area (Å²) in [5, 5.41) is 0. The van der Waals surface area contributed by atoms with Crippen LogP contribution in [-0.4, -0.2) is 5.60 Å². The highest BCUT2D eigenvalue weighted by atomic mass is 16.5. The van der Waals surface area contributed by atoms with Gasteiger partial charge in [0.15, 0.2) is 0 Å². The first-order valence-corrected chi connectivity index (χ1v) is 6.50. The van der Waals surface area contributed by atoms with E-state index in [4.69, 9.17) is 4.74 Å². The minimum Gasteiger partial charge on any atom is -0.488 e. The zero-order valence-corrected chi connectivity index (χ0v) is 12.8. The fourth-order valence-corrected chi connectivity index (χ4v) is 1.82. The molecule has 0 unspecified atom stereocenters. The number of rotatable bonds is 2. The van der Waals surface area contributed by atoms with Crippen LogP contribution in [0.3, 0.4) is 0 Å². The van der Waals surface area contributed by atoms with Crippen LogP contribution in [0, 0.1) is 0 Å². The molecule has 0 aromatic heterocycles. The molecule has 0 spiro atoms. The lowest BCUT2D eigenvalue weighted by Crippen LogP contribution is -2.25. The average Bonchev–Trinajstić information content (AvgIpc) is 2.12. The molecule has 0 radical (unpaired) electrons. The maximum absolute atomic E-state index is 6.11. The van der Waals surface area contributed by atoms with Crippen molar-refractivity contribution in [3.63, 3.8) is 0 Å². The third-order valence-electron chi connectivity index (χ3n) is 2.70. The van der Waals surface area contributed by atoms with Gasteiger partial charge in [0.1, 0.15) is 11.4 Å². The van der Waals surface area contributed by atoms with Gasteiger partial charge in [0.25, 0.3) is 0 Å². The molecular formula is C17H26O. The number of hydrogen-bond donors (Lipinski definition) is 0. The van der Waals surface area contributed by atoms with Crippen molar-refractivity contribution in [3.05, 3.63) is 35.9 Å². The molecule has 0 amide bonds. The minimum absolute atomic E-state index is 0.0776. The lowest BCUT2D eigenvalue weighted by Gasteiger charge is -2.28. The van der Waals surface area contributed by atoms with Crippen molar-refractivity contribution >= 4 is 5.57 Å². The van der Waals surface area contributed by atoms with E-state index in [1.807, 2.05) is 6.92 Å². The molecule has 0 atom stereocenters. The SMILES string of the molecule is C=C(C)c1ccc(C(C)(C)C)c(OC(C)(C)C)c1. The first kappa shape index (κ1) is 14.8. The molecule has 0 bridgehead atoms. The smallest absolute Gasteiger partial charge is 0.124 e. The van der Waals surface area contributed by atoms with Crippen molar-refractivity contribution in [2.24, 2.45) is 0 Å². The Balaban J connectivity index is 3.32. The predicted octanol–water partition coefficient (Wildman–Crippen LogP) is 5.19. The van der Waals surface area contributed by atoms with Gasteiger partial charge in [-0.2, -0.15) is 0 Å². The van der Waals surface area contributed by atoms with Crippen molar-refractivity contribution in [3.8, 4) is 5.75 Å². The molecule has 0 aliphatic carbocycles.